The number of amides is 1. The van der Waals surface area contributed by atoms with E-state index in [1.807, 2.05) is 31.0 Å². The predicted molar refractivity (Wildman–Crippen MR) is 106 cm³/mol. The second-order valence-electron chi connectivity index (χ2n) is 6.93. The first-order chi connectivity index (χ1) is 12.8. The molecule has 5 heteroatoms. The van der Waals surface area contributed by atoms with Crippen LogP contribution >= 0.6 is 0 Å². The highest BCUT2D eigenvalue weighted by Crippen LogP contribution is 2.14. The molecule has 0 aromatic heterocycles. The fourth-order valence-corrected chi connectivity index (χ4v) is 2.84. The quantitative estimate of drug-likeness (QED) is 0.763. The van der Waals surface area contributed by atoms with Crippen molar-refractivity contribution in [2.75, 3.05) is 14.2 Å². The minimum absolute atomic E-state index is 0.0284. The Labute approximate surface area is 161 Å². The minimum atomic E-state index is -0.368. The molecule has 0 aliphatic carbocycles. The Bertz CT molecular complexity index is 800. The Hall–Kier alpha value is -2.66. The summed E-state index contributed by atoms with van der Waals surface area (Å²) in [5.74, 6) is -0.397. The summed E-state index contributed by atoms with van der Waals surface area (Å²) in [4.78, 5) is 26.0. The zero-order valence-electron chi connectivity index (χ0n) is 16.7. The van der Waals surface area contributed by atoms with Crippen LogP contribution in [0, 0.1) is 13.8 Å². The number of aryl methyl sites for hydroxylation is 2. The van der Waals surface area contributed by atoms with Crippen LogP contribution in [0.5, 0.6) is 0 Å². The lowest BCUT2D eigenvalue weighted by molar-refractivity contribution is -0.125. The highest BCUT2D eigenvalue weighted by atomic mass is 16.5. The van der Waals surface area contributed by atoms with E-state index in [1.165, 1.54) is 23.8 Å². The number of nitrogens with one attached hydrogen (secondary N) is 1. The highest BCUT2D eigenvalue weighted by molar-refractivity contribution is 5.89. The normalized spacial score (nSPS) is 11.9. The van der Waals surface area contributed by atoms with Gasteiger partial charge in [-0.1, -0.05) is 35.9 Å². The van der Waals surface area contributed by atoms with Gasteiger partial charge in [-0.05, 0) is 56.6 Å². The molecular formula is C22H28N2O3. The summed E-state index contributed by atoms with van der Waals surface area (Å²) >= 11 is 0. The smallest absolute Gasteiger partial charge is 0.337 e. The molecule has 27 heavy (non-hydrogen) atoms. The van der Waals surface area contributed by atoms with Crippen molar-refractivity contribution in [2.45, 2.75) is 39.9 Å². The third-order valence-electron chi connectivity index (χ3n) is 4.80. The van der Waals surface area contributed by atoms with Crippen LogP contribution in [-0.2, 0) is 22.6 Å². The van der Waals surface area contributed by atoms with Crippen LogP contribution in [0.3, 0.4) is 0 Å². The van der Waals surface area contributed by atoms with Gasteiger partial charge in [0.25, 0.3) is 0 Å². The fourth-order valence-electron chi connectivity index (χ4n) is 2.84. The number of nitrogens with zero attached hydrogens (tertiary/aromatic N) is 1. The molecule has 1 atom stereocenters. The van der Waals surface area contributed by atoms with E-state index in [1.54, 1.807) is 12.1 Å². The molecule has 2 rings (SSSR count). The van der Waals surface area contributed by atoms with E-state index in [2.05, 4.69) is 42.1 Å². The van der Waals surface area contributed by atoms with Crippen LogP contribution in [0.4, 0.5) is 0 Å². The van der Waals surface area contributed by atoms with E-state index in [-0.39, 0.29) is 17.9 Å². The van der Waals surface area contributed by atoms with Gasteiger partial charge in [-0.2, -0.15) is 0 Å². The van der Waals surface area contributed by atoms with E-state index in [9.17, 15) is 9.59 Å². The van der Waals surface area contributed by atoms with Gasteiger partial charge in [0.15, 0.2) is 0 Å². The highest BCUT2D eigenvalue weighted by Gasteiger charge is 2.18. The monoisotopic (exact) mass is 368 g/mol. The molecular weight excluding hydrogens is 340 g/mol. The maximum Gasteiger partial charge on any atom is 0.337 e. The Balaban J connectivity index is 1.89. The van der Waals surface area contributed by atoms with Gasteiger partial charge >= 0.3 is 5.97 Å². The molecule has 1 unspecified atom stereocenters. The summed E-state index contributed by atoms with van der Waals surface area (Å²) in [5.41, 5.74) is 5.12. The topological polar surface area (TPSA) is 58.6 Å². The van der Waals surface area contributed by atoms with E-state index in [0.29, 0.717) is 18.7 Å². The summed E-state index contributed by atoms with van der Waals surface area (Å²) < 4.78 is 4.68. The number of hydrogen-bond donors (Lipinski definition) is 1. The van der Waals surface area contributed by atoms with Crippen molar-refractivity contribution in [3.8, 4) is 0 Å². The molecule has 0 saturated heterocycles. The van der Waals surface area contributed by atoms with Crippen molar-refractivity contribution < 1.29 is 14.3 Å². The lowest BCUT2D eigenvalue weighted by atomic mass is 10.0. The molecule has 5 nitrogen and oxygen atoms in total. The van der Waals surface area contributed by atoms with Gasteiger partial charge in [0.2, 0.25) is 5.91 Å². The Kier molecular flexibility index (Phi) is 7.13. The number of hydrogen-bond acceptors (Lipinski definition) is 4. The van der Waals surface area contributed by atoms with Crippen molar-refractivity contribution in [2.24, 2.45) is 0 Å². The lowest BCUT2D eigenvalue weighted by Crippen LogP contribution is -2.42. The third-order valence-corrected chi connectivity index (χ3v) is 4.80. The van der Waals surface area contributed by atoms with E-state index >= 15 is 0 Å². The standard InChI is InChI=1S/C22H28N2O3/c1-15-6-9-20(16(2)12-15)14-24(4)17(3)21(25)23-13-18-7-10-19(11-8-18)22(26)27-5/h6-12,17H,13-14H2,1-5H3,(H,23,25). The van der Waals surface area contributed by atoms with Gasteiger partial charge in [-0.3, -0.25) is 9.69 Å². The maximum atomic E-state index is 12.5. The number of methoxy groups -OCH3 is 1. The second-order valence-corrected chi connectivity index (χ2v) is 6.93. The van der Waals surface area contributed by atoms with Gasteiger partial charge in [0.05, 0.1) is 18.7 Å². The number of carbonyl (C=O) groups is 2. The zero-order chi connectivity index (χ0) is 20.0. The van der Waals surface area contributed by atoms with Crippen molar-refractivity contribution >= 4 is 11.9 Å². The summed E-state index contributed by atoms with van der Waals surface area (Å²) in [6.07, 6.45) is 0. The Morgan fingerprint density at radius 2 is 1.78 bits per heavy atom. The van der Waals surface area contributed by atoms with Crippen LogP contribution in [0.15, 0.2) is 42.5 Å². The maximum absolute atomic E-state index is 12.5. The first kappa shape index (κ1) is 20.6. The minimum Gasteiger partial charge on any atom is -0.465 e. The number of ether oxygens (including phenoxy) is 1. The van der Waals surface area contributed by atoms with Crippen molar-refractivity contribution in [3.05, 3.63) is 70.3 Å². The summed E-state index contributed by atoms with van der Waals surface area (Å²) in [5, 5.41) is 2.96. The van der Waals surface area contributed by atoms with E-state index < -0.39 is 0 Å². The molecule has 2 aromatic carbocycles. The van der Waals surface area contributed by atoms with Gasteiger partial charge in [-0.15, -0.1) is 0 Å². The summed E-state index contributed by atoms with van der Waals surface area (Å²) in [7, 11) is 3.31. The Morgan fingerprint density at radius 3 is 2.37 bits per heavy atom. The number of rotatable bonds is 7. The van der Waals surface area contributed by atoms with Gasteiger partial charge in [-0.25, -0.2) is 4.79 Å². The van der Waals surface area contributed by atoms with Crippen LogP contribution in [0.2, 0.25) is 0 Å². The van der Waals surface area contributed by atoms with Crippen LogP contribution in [0.25, 0.3) is 0 Å². The molecule has 0 saturated carbocycles. The average molecular weight is 368 g/mol. The molecule has 144 valence electrons. The van der Waals surface area contributed by atoms with E-state index in [4.69, 9.17) is 0 Å². The van der Waals surface area contributed by atoms with Crippen molar-refractivity contribution in [1.82, 2.24) is 10.2 Å². The molecule has 0 aliphatic rings. The first-order valence-electron chi connectivity index (χ1n) is 9.03. The average Bonchev–Trinajstić information content (AvgIpc) is 2.67. The molecule has 1 amide bonds. The first-order valence-corrected chi connectivity index (χ1v) is 9.03. The summed E-state index contributed by atoms with van der Waals surface area (Å²) in [6.45, 7) is 7.21. The lowest BCUT2D eigenvalue weighted by Gasteiger charge is -2.24. The zero-order valence-corrected chi connectivity index (χ0v) is 16.7. The number of esters is 1. The number of likely N-dealkylation sites (N-methyl/N-ethyl adjacent to an activating group) is 1. The molecule has 0 bridgehead atoms. The second kappa shape index (κ2) is 9.33. The van der Waals surface area contributed by atoms with Crippen LogP contribution < -0.4 is 5.32 Å². The molecule has 0 fully saturated rings. The van der Waals surface area contributed by atoms with Crippen LogP contribution in [-0.4, -0.2) is 37.0 Å². The van der Waals surface area contributed by atoms with Crippen LogP contribution in [0.1, 0.15) is 39.5 Å². The van der Waals surface area contributed by atoms with Gasteiger partial charge in [0.1, 0.15) is 0 Å². The molecule has 0 aliphatic heterocycles. The molecule has 1 N–H and O–H groups in total. The van der Waals surface area contributed by atoms with Crippen molar-refractivity contribution in [3.63, 3.8) is 0 Å². The fraction of sp³-hybridized carbons (Fsp3) is 0.364. The molecule has 2 aromatic rings. The summed E-state index contributed by atoms with van der Waals surface area (Å²) in [6, 6.07) is 13.2. The van der Waals surface area contributed by atoms with Gasteiger partial charge in [0, 0.05) is 13.1 Å². The Morgan fingerprint density at radius 1 is 1.11 bits per heavy atom. The predicted octanol–water partition coefficient (Wildman–Crippen LogP) is 3.23. The largest absolute Gasteiger partial charge is 0.465 e. The molecule has 0 heterocycles. The number of carbonyl (C=O) groups excluding carboxylic acids is 2. The third kappa shape index (κ3) is 5.66. The molecule has 0 radical (unpaired) electrons. The van der Waals surface area contributed by atoms with E-state index in [0.717, 1.165) is 5.56 Å². The van der Waals surface area contributed by atoms with Crippen molar-refractivity contribution in [1.29, 1.82) is 0 Å². The molecule has 0 spiro atoms. The van der Waals surface area contributed by atoms with Gasteiger partial charge < -0.3 is 10.1 Å². The number of benzene rings is 2. The SMILES string of the molecule is COC(=O)c1ccc(CNC(=O)C(C)N(C)Cc2ccc(C)cc2C)cc1.